The first kappa shape index (κ1) is 17.5. The first-order valence-corrected chi connectivity index (χ1v) is 10.1. The van der Waals surface area contributed by atoms with Crippen LogP contribution in [0.15, 0.2) is 88.8 Å². The molecule has 0 saturated heterocycles. The van der Waals surface area contributed by atoms with Crippen LogP contribution in [0, 0.1) is 0 Å². The van der Waals surface area contributed by atoms with Crippen molar-refractivity contribution in [1.29, 1.82) is 0 Å². The van der Waals surface area contributed by atoms with Crippen molar-refractivity contribution < 1.29 is 9.21 Å². The molecule has 3 aromatic heterocycles. The molecule has 1 N–H and O–H groups in total. The highest BCUT2D eigenvalue weighted by Gasteiger charge is 2.20. The van der Waals surface area contributed by atoms with Crippen molar-refractivity contribution in [3.63, 3.8) is 0 Å². The number of Topliss-reactive ketones (excluding diaryl/α,β-unsaturated/α-hetero) is 1. The molecule has 3 heterocycles. The molecule has 0 radical (unpaired) electrons. The normalized spacial score (nSPS) is 11.2. The number of carbonyl (C=O) groups excluding carboxylic acids is 1. The summed E-state index contributed by atoms with van der Waals surface area (Å²) in [6.07, 6.45) is 3.37. The molecule has 0 atom stereocenters. The lowest BCUT2D eigenvalue weighted by Gasteiger charge is -2.08. The van der Waals surface area contributed by atoms with Gasteiger partial charge in [0.15, 0.2) is 16.7 Å². The monoisotopic (exact) mass is 400 g/mol. The highest BCUT2D eigenvalue weighted by Crippen LogP contribution is 2.29. The summed E-state index contributed by atoms with van der Waals surface area (Å²) in [7, 11) is 0. The quantitative estimate of drug-likeness (QED) is 0.321. The summed E-state index contributed by atoms with van der Waals surface area (Å²) in [6.45, 7) is 0. The number of nitrogens with one attached hydrogen (secondary N) is 1. The van der Waals surface area contributed by atoms with E-state index >= 15 is 0 Å². The van der Waals surface area contributed by atoms with Crippen LogP contribution in [0.25, 0.3) is 28.2 Å². The van der Waals surface area contributed by atoms with E-state index in [-0.39, 0.29) is 11.5 Å². The zero-order valence-corrected chi connectivity index (χ0v) is 16.1. The second-order valence-electron chi connectivity index (χ2n) is 6.41. The maximum Gasteiger partial charge on any atom is 0.205 e. The minimum absolute atomic E-state index is 0.0367. The van der Waals surface area contributed by atoms with E-state index in [2.05, 4.69) is 15.2 Å². The molecule has 5 aromatic rings. The van der Waals surface area contributed by atoms with Gasteiger partial charge in [-0.15, -0.1) is 10.2 Å². The Kier molecular flexibility index (Phi) is 4.50. The summed E-state index contributed by atoms with van der Waals surface area (Å²) in [5.41, 5.74) is 2.55. The Balaban J connectivity index is 1.46. The molecule has 0 spiro atoms. The molecule has 0 bridgehead atoms. The van der Waals surface area contributed by atoms with E-state index in [0.717, 1.165) is 16.6 Å². The van der Waals surface area contributed by atoms with Crippen LogP contribution in [0.5, 0.6) is 0 Å². The van der Waals surface area contributed by atoms with E-state index in [4.69, 9.17) is 4.42 Å². The number of benzene rings is 2. The summed E-state index contributed by atoms with van der Waals surface area (Å²) >= 11 is 1.36. The van der Waals surface area contributed by atoms with E-state index in [1.165, 1.54) is 11.8 Å². The van der Waals surface area contributed by atoms with Gasteiger partial charge in [0.2, 0.25) is 5.82 Å². The van der Waals surface area contributed by atoms with Gasteiger partial charge in [0, 0.05) is 28.4 Å². The van der Waals surface area contributed by atoms with Crippen LogP contribution in [-0.2, 0) is 0 Å². The van der Waals surface area contributed by atoms with Crippen LogP contribution in [0.1, 0.15) is 10.4 Å². The molecule has 0 fully saturated rings. The summed E-state index contributed by atoms with van der Waals surface area (Å²) in [5, 5.41) is 10.2. The van der Waals surface area contributed by atoms with E-state index in [1.54, 1.807) is 12.5 Å². The number of hydrogen-bond donors (Lipinski definition) is 1. The number of hydrogen-bond acceptors (Lipinski definition) is 5. The lowest BCUT2D eigenvalue weighted by Crippen LogP contribution is -2.04. The van der Waals surface area contributed by atoms with Crippen LogP contribution < -0.4 is 0 Å². The van der Waals surface area contributed by atoms with Gasteiger partial charge in [-0.25, -0.2) is 0 Å². The fourth-order valence-electron chi connectivity index (χ4n) is 3.25. The number of furan rings is 1. The van der Waals surface area contributed by atoms with Gasteiger partial charge in [0.1, 0.15) is 0 Å². The summed E-state index contributed by atoms with van der Waals surface area (Å²) in [6, 6.07) is 21.2. The van der Waals surface area contributed by atoms with Crippen LogP contribution in [-0.4, -0.2) is 31.3 Å². The van der Waals surface area contributed by atoms with Crippen molar-refractivity contribution in [3.05, 3.63) is 84.8 Å². The van der Waals surface area contributed by atoms with Crippen molar-refractivity contribution in [1.82, 2.24) is 19.7 Å². The first-order valence-electron chi connectivity index (χ1n) is 9.08. The number of carbonyl (C=O) groups is 1. The molecule has 0 aliphatic heterocycles. The van der Waals surface area contributed by atoms with Gasteiger partial charge in [-0.2, -0.15) is 0 Å². The molecular formula is C22H16N4O2S. The van der Waals surface area contributed by atoms with Gasteiger partial charge in [-0.05, 0) is 30.3 Å². The van der Waals surface area contributed by atoms with Crippen LogP contribution in [0.3, 0.4) is 0 Å². The van der Waals surface area contributed by atoms with Gasteiger partial charge >= 0.3 is 0 Å². The lowest BCUT2D eigenvalue weighted by atomic mass is 10.1. The largest absolute Gasteiger partial charge is 0.461 e. The zero-order valence-electron chi connectivity index (χ0n) is 15.3. The van der Waals surface area contributed by atoms with Crippen molar-refractivity contribution in [2.24, 2.45) is 0 Å². The second kappa shape index (κ2) is 7.44. The van der Waals surface area contributed by atoms with E-state index in [1.807, 2.05) is 71.3 Å². The summed E-state index contributed by atoms with van der Waals surface area (Å²) in [4.78, 5) is 16.0. The maximum absolute atomic E-state index is 12.9. The van der Waals surface area contributed by atoms with Crippen molar-refractivity contribution in [2.45, 2.75) is 5.16 Å². The first-order chi connectivity index (χ1) is 14.3. The number of H-pyrrole nitrogens is 1. The lowest BCUT2D eigenvalue weighted by molar-refractivity contribution is 0.102. The highest BCUT2D eigenvalue weighted by molar-refractivity contribution is 7.99. The average Bonchev–Trinajstić information content (AvgIpc) is 3.51. The van der Waals surface area contributed by atoms with Gasteiger partial charge in [0.05, 0.1) is 12.0 Å². The van der Waals surface area contributed by atoms with Gasteiger partial charge in [-0.1, -0.05) is 48.2 Å². The molecule has 6 nitrogen and oxygen atoms in total. The Morgan fingerprint density at radius 3 is 2.66 bits per heavy atom. The standard InChI is InChI=1S/C22H16N4O2S/c27-19(17-13-23-18-10-5-4-9-16(17)18)14-29-22-25-24-21(20-11-6-12-28-20)26(22)15-7-2-1-3-8-15/h1-13,23H,14H2. The number of aromatic nitrogens is 4. The predicted octanol–water partition coefficient (Wildman–Crippen LogP) is 4.98. The Bertz CT molecular complexity index is 1270. The van der Waals surface area contributed by atoms with Crippen LogP contribution >= 0.6 is 11.8 Å². The third-order valence-corrected chi connectivity index (χ3v) is 5.54. The zero-order chi connectivity index (χ0) is 19.6. The van der Waals surface area contributed by atoms with Gasteiger partial charge in [-0.3, -0.25) is 9.36 Å². The van der Waals surface area contributed by atoms with Crippen LogP contribution in [0.4, 0.5) is 0 Å². The Morgan fingerprint density at radius 2 is 1.83 bits per heavy atom. The molecule has 7 heteroatoms. The number of fused-ring (bicyclic) bond motifs is 1. The minimum Gasteiger partial charge on any atom is -0.461 e. The maximum atomic E-state index is 12.9. The third-order valence-electron chi connectivity index (χ3n) is 4.61. The second-order valence-corrected chi connectivity index (χ2v) is 7.36. The molecule has 29 heavy (non-hydrogen) atoms. The molecular weight excluding hydrogens is 384 g/mol. The molecule has 2 aromatic carbocycles. The van der Waals surface area contributed by atoms with E-state index < -0.39 is 0 Å². The van der Waals surface area contributed by atoms with Crippen molar-refractivity contribution in [3.8, 4) is 17.3 Å². The Labute approximate surface area is 170 Å². The van der Waals surface area contributed by atoms with Crippen molar-refractivity contribution >= 4 is 28.4 Å². The molecule has 0 amide bonds. The number of ketones is 1. The smallest absolute Gasteiger partial charge is 0.205 e. The summed E-state index contributed by atoms with van der Waals surface area (Å²) in [5.74, 6) is 1.51. The number of rotatable bonds is 6. The molecule has 5 rings (SSSR count). The fraction of sp³-hybridized carbons (Fsp3) is 0.0455. The molecule has 0 aliphatic carbocycles. The number of para-hydroxylation sites is 2. The Hall–Kier alpha value is -3.58. The number of nitrogens with zero attached hydrogens (tertiary/aromatic N) is 3. The van der Waals surface area contributed by atoms with Crippen LogP contribution in [0.2, 0.25) is 0 Å². The fourth-order valence-corrected chi connectivity index (χ4v) is 4.08. The third kappa shape index (κ3) is 3.25. The Morgan fingerprint density at radius 1 is 1.00 bits per heavy atom. The highest BCUT2D eigenvalue weighted by atomic mass is 32.2. The minimum atomic E-state index is 0.0367. The number of thioether (sulfide) groups is 1. The predicted molar refractivity (Wildman–Crippen MR) is 112 cm³/mol. The molecule has 0 aliphatic rings. The van der Waals surface area contributed by atoms with E-state index in [9.17, 15) is 4.79 Å². The van der Waals surface area contributed by atoms with E-state index in [0.29, 0.717) is 22.3 Å². The number of aromatic amines is 1. The van der Waals surface area contributed by atoms with Gasteiger partial charge in [0.25, 0.3) is 0 Å². The molecule has 142 valence electrons. The SMILES string of the molecule is O=C(CSc1nnc(-c2ccco2)n1-c1ccccc1)c1c[nH]c2ccccc12. The summed E-state index contributed by atoms with van der Waals surface area (Å²) < 4.78 is 7.43. The average molecular weight is 400 g/mol. The molecule has 0 saturated carbocycles. The molecule has 0 unspecified atom stereocenters. The van der Waals surface area contributed by atoms with Crippen molar-refractivity contribution in [2.75, 3.05) is 5.75 Å². The topological polar surface area (TPSA) is 76.7 Å². The van der Waals surface area contributed by atoms with Gasteiger partial charge < -0.3 is 9.40 Å².